The second-order valence-corrected chi connectivity index (χ2v) is 8.59. The molecule has 0 aliphatic carbocycles. The van der Waals surface area contributed by atoms with Crippen molar-refractivity contribution in [3.8, 4) is 21.7 Å². The van der Waals surface area contributed by atoms with Crippen LogP contribution in [0.2, 0.25) is 0 Å². The van der Waals surface area contributed by atoms with Crippen molar-refractivity contribution < 1.29 is 9.72 Å². The normalized spacial score (nSPS) is 10.7. The van der Waals surface area contributed by atoms with Gasteiger partial charge in [0, 0.05) is 23.3 Å². The molecule has 7 heteroatoms. The number of aromatic nitrogens is 1. The number of carbonyl (C=O) groups excluding carboxylic acids is 1. The molecule has 160 valence electrons. The van der Waals surface area contributed by atoms with Crippen molar-refractivity contribution in [2.24, 2.45) is 0 Å². The molecule has 4 aromatic rings. The van der Waals surface area contributed by atoms with Crippen molar-refractivity contribution in [2.45, 2.75) is 20.8 Å². The highest BCUT2D eigenvalue weighted by Gasteiger charge is 2.19. The lowest BCUT2D eigenvalue weighted by Gasteiger charge is -2.07. The Morgan fingerprint density at radius 3 is 2.34 bits per heavy atom. The number of nitrogens with one attached hydrogen (secondary N) is 1. The van der Waals surface area contributed by atoms with Gasteiger partial charge in [-0.2, -0.15) is 0 Å². The molecule has 1 N–H and O–H groups in total. The SMILES string of the molecule is Cc1ccc(-c2sc(NC(=O)c3ccccc3C)nc2-c2ccc([N+](=O)[O-])cc2)c(C)c1. The van der Waals surface area contributed by atoms with Crippen LogP contribution in [0.5, 0.6) is 0 Å². The van der Waals surface area contributed by atoms with E-state index >= 15 is 0 Å². The Bertz CT molecular complexity index is 1330. The predicted octanol–water partition coefficient (Wildman–Crippen LogP) is 6.56. The number of rotatable bonds is 5. The van der Waals surface area contributed by atoms with E-state index in [1.165, 1.54) is 23.5 Å². The van der Waals surface area contributed by atoms with Gasteiger partial charge in [0.2, 0.25) is 0 Å². The van der Waals surface area contributed by atoms with Crippen LogP contribution in [0.3, 0.4) is 0 Å². The summed E-state index contributed by atoms with van der Waals surface area (Å²) in [4.78, 5) is 29.1. The number of nitrogens with zero attached hydrogens (tertiary/aromatic N) is 2. The van der Waals surface area contributed by atoms with Gasteiger partial charge in [-0.05, 0) is 55.7 Å². The third kappa shape index (κ3) is 4.29. The zero-order valence-corrected chi connectivity index (χ0v) is 18.7. The smallest absolute Gasteiger partial charge is 0.269 e. The summed E-state index contributed by atoms with van der Waals surface area (Å²) in [7, 11) is 0. The molecule has 0 atom stereocenters. The zero-order valence-electron chi connectivity index (χ0n) is 17.9. The van der Waals surface area contributed by atoms with Crippen LogP contribution in [0.1, 0.15) is 27.0 Å². The van der Waals surface area contributed by atoms with Crippen molar-refractivity contribution >= 4 is 28.1 Å². The van der Waals surface area contributed by atoms with Gasteiger partial charge in [0.1, 0.15) is 0 Å². The van der Waals surface area contributed by atoms with Crippen LogP contribution >= 0.6 is 11.3 Å². The number of hydrogen-bond donors (Lipinski definition) is 1. The summed E-state index contributed by atoms with van der Waals surface area (Å²) >= 11 is 1.39. The van der Waals surface area contributed by atoms with E-state index in [1.54, 1.807) is 18.2 Å². The fraction of sp³-hybridized carbons (Fsp3) is 0.120. The van der Waals surface area contributed by atoms with E-state index in [2.05, 4.69) is 11.4 Å². The monoisotopic (exact) mass is 443 g/mol. The van der Waals surface area contributed by atoms with Gasteiger partial charge in [-0.15, -0.1) is 0 Å². The number of nitro groups is 1. The molecule has 0 saturated carbocycles. The molecule has 32 heavy (non-hydrogen) atoms. The highest BCUT2D eigenvalue weighted by molar-refractivity contribution is 7.19. The van der Waals surface area contributed by atoms with Crippen LogP contribution in [0.25, 0.3) is 21.7 Å². The van der Waals surface area contributed by atoms with Gasteiger partial charge >= 0.3 is 0 Å². The van der Waals surface area contributed by atoms with Crippen molar-refractivity contribution in [2.75, 3.05) is 5.32 Å². The lowest BCUT2D eigenvalue weighted by atomic mass is 10.0. The Balaban J connectivity index is 1.78. The summed E-state index contributed by atoms with van der Waals surface area (Å²) in [6.45, 7) is 5.96. The first-order valence-corrected chi connectivity index (χ1v) is 10.9. The number of amides is 1. The van der Waals surface area contributed by atoms with E-state index < -0.39 is 4.92 Å². The summed E-state index contributed by atoms with van der Waals surface area (Å²) < 4.78 is 0. The second-order valence-electron chi connectivity index (χ2n) is 7.59. The van der Waals surface area contributed by atoms with Gasteiger partial charge < -0.3 is 0 Å². The van der Waals surface area contributed by atoms with Crippen LogP contribution in [0.4, 0.5) is 10.8 Å². The van der Waals surface area contributed by atoms with Crippen LogP contribution in [-0.4, -0.2) is 15.8 Å². The minimum Gasteiger partial charge on any atom is -0.298 e. The molecule has 0 aliphatic rings. The van der Waals surface area contributed by atoms with Crippen LogP contribution in [0, 0.1) is 30.9 Å². The van der Waals surface area contributed by atoms with E-state index in [4.69, 9.17) is 4.98 Å². The molecule has 0 bridgehead atoms. The van der Waals surface area contributed by atoms with Gasteiger partial charge in [-0.3, -0.25) is 20.2 Å². The minimum atomic E-state index is -0.427. The zero-order chi connectivity index (χ0) is 22.8. The molecule has 0 saturated heterocycles. The van der Waals surface area contributed by atoms with Crippen LogP contribution in [0.15, 0.2) is 66.7 Å². The molecule has 0 aliphatic heterocycles. The predicted molar refractivity (Wildman–Crippen MR) is 128 cm³/mol. The Kier molecular flexibility index (Phi) is 5.83. The van der Waals surface area contributed by atoms with E-state index in [1.807, 2.05) is 51.1 Å². The number of nitro benzene ring substituents is 1. The number of hydrogen-bond acceptors (Lipinski definition) is 5. The molecule has 1 amide bonds. The molecule has 0 radical (unpaired) electrons. The average molecular weight is 444 g/mol. The first kappa shape index (κ1) is 21.4. The molecule has 1 aromatic heterocycles. The highest BCUT2D eigenvalue weighted by atomic mass is 32.1. The Labute approximate surface area is 189 Å². The average Bonchev–Trinajstić information content (AvgIpc) is 3.17. The van der Waals surface area contributed by atoms with Crippen LogP contribution < -0.4 is 5.32 Å². The molecule has 1 heterocycles. The summed E-state index contributed by atoms with van der Waals surface area (Å²) in [6.07, 6.45) is 0. The number of non-ortho nitro benzene ring substituents is 1. The van der Waals surface area contributed by atoms with Crippen molar-refractivity contribution in [1.29, 1.82) is 0 Å². The number of anilines is 1. The molecule has 0 spiro atoms. The quantitative estimate of drug-likeness (QED) is 0.279. The standard InChI is InChI=1S/C25H21N3O3S/c1-15-8-13-20(17(3)14-15)23-22(18-9-11-19(12-10-18)28(30)31)26-25(32-23)27-24(29)21-7-5-4-6-16(21)2/h4-14H,1-3H3,(H,26,27,29). The van der Waals surface area contributed by atoms with E-state index in [-0.39, 0.29) is 11.6 Å². The summed E-state index contributed by atoms with van der Waals surface area (Å²) in [6, 6.07) is 19.9. The Morgan fingerprint density at radius 2 is 1.69 bits per heavy atom. The van der Waals surface area contributed by atoms with Crippen molar-refractivity contribution in [1.82, 2.24) is 4.98 Å². The summed E-state index contributed by atoms with van der Waals surface area (Å²) in [5.74, 6) is -0.223. The maximum atomic E-state index is 12.8. The number of carbonyl (C=O) groups is 1. The van der Waals surface area contributed by atoms with Gasteiger partial charge in [0.25, 0.3) is 11.6 Å². The lowest BCUT2D eigenvalue weighted by Crippen LogP contribution is -2.12. The van der Waals surface area contributed by atoms with Gasteiger partial charge in [-0.1, -0.05) is 53.3 Å². The third-order valence-electron chi connectivity index (χ3n) is 5.22. The second kappa shape index (κ2) is 8.72. The Hall–Kier alpha value is -3.84. The van der Waals surface area contributed by atoms with Crippen molar-refractivity contribution in [3.05, 3.63) is 99.1 Å². The first-order valence-electron chi connectivity index (χ1n) is 10.0. The molecule has 0 unspecified atom stereocenters. The van der Waals surface area contributed by atoms with Gasteiger partial charge in [0.05, 0.1) is 15.5 Å². The number of aryl methyl sites for hydroxylation is 3. The number of benzene rings is 3. The first-order chi connectivity index (χ1) is 15.3. The van der Waals surface area contributed by atoms with Crippen LogP contribution in [-0.2, 0) is 0 Å². The van der Waals surface area contributed by atoms with E-state index in [0.717, 1.165) is 32.7 Å². The molecule has 0 fully saturated rings. The third-order valence-corrected chi connectivity index (χ3v) is 6.22. The molecular formula is C25H21N3O3S. The topological polar surface area (TPSA) is 85.1 Å². The lowest BCUT2D eigenvalue weighted by molar-refractivity contribution is -0.384. The summed E-state index contributed by atoms with van der Waals surface area (Å²) in [5.41, 5.74) is 6.17. The van der Waals surface area contributed by atoms with Gasteiger partial charge in [0.15, 0.2) is 5.13 Å². The summed E-state index contributed by atoms with van der Waals surface area (Å²) in [5, 5.41) is 14.4. The van der Waals surface area contributed by atoms with E-state index in [9.17, 15) is 14.9 Å². The largest absolute Gasteiger partial charge is 0.298 e. The highest BCUT2D eigenvalue weighted by Crippen LogP contribution is 2.41. The molecular weight excluding hydrogens is 422 g/mol. The fourth-order valence-electron chi connectivity index (χ4n) is 3.55. The fourth-order valence-corrected chi connectivity index (χ4v) is 4.63. The van der Waals surface area contributed by atoms with Crippen molar-refractivity contribution in [3.63, 3.8) is 0 Å². The van der Waals surface area contributed by atoms with Gasteiger partial charge in [-0.25, -0.2) is 4.98 Å². The minimum absolute atomic E-state index is 0.0186. The molecule has 3 aromatic carbocycles. The maximum Gasteiger partial charge on any atom is 0.269 e. The number of thiazole rings is 1. The molecule has 6 nitrogen and oxygen atoms in total. The Morgan fingerprint density at radius 1 is 0.969 bits per heavy atom. The maximum absolute atomic E-state index is 12.8. The van der Waals surface area contributed by atoms with E-state index in [0.29, 0.717) is 16.4 Å². The molecule has 4 rings (SSSR count).